The summed E-state index contributed by atoms with van der Waals surface area (Å²) in [6, 6.07) is 0. The van der Waals surface area contributed by atoms with E-state index < -0.39 is 6.23 Å². The van der Waals surface area contributed by atoms with Gasteiger partial charge in [0.2, 0.25) is 0 Å². The van der Waals surface area contributed by atoms with E-state index >= 15 is 0 Å². The van der Waals surface area contributed by atoms with Crippen molar-refractivity contribution in [2.24, 2.45) is 23.5 Å². The van der Waals surface area contributed by atoms with Crippen LogP contribution in [0.25, 0.3) is 0 Å². The molecular weight excluding hydrogens is 162 g/mol. The van der Waals surface area contributed by atoms with Gasteiger partial charge in [0, 0.05) is 0 Å². The highest BCUT2D eigenvalue weighted by Crippen LogP contribution is 2.23. The molecule has 0 saturated heterocycles. The van der Waals surface area contributed by atoms with Crippen LogP contribution in [0.3, 0.4) is 0 Å². The van der Waals surface area contributed by atoms with Crippen LogP contribution in [-0.4, -0.2) is 11.3 Å². The lowest BCUT2D eigenvalue weighted by molar-refractivity contribution is 0.134. The minimum Gasteiger partial charge on any atom is -0.379 e. The number of nitrogens with two attached hydrogens (primary N) is 1. The highest BCUT2D eigenvalue weighted by molar-refractivity contribution is 4.65. The van der Waals surface area contributed by atoms with Gasteiger partial charge in [-0.3, -0.25) is 0 Å². The molecule has 0 aliphatic rings. The third-order valence-electron chi connectivity index (χ3n) is 2.18. The van der Waals surface area contributed by atoms with Crippen LogP contribution in [0, 0.1) is 17.8 Å². The Hall–Kier alpha value is -0.0800. The van der Waals surface area contributed by atoms with Crippen LogP contribution < -0.4 is 5.73 Å². The van der Waals surface area contributed by atoms with Crippen molar-refractivity contribution in [2.45, 2.75) is 53.2 Å². The fourth-order valence-corrected chi connectivity index (χ4v) is 1.96. The second-order valence-electron chi connectivity index (χ2n) is 4.93. The molecule has 0 aliphatic carbocycles. The Morgan fingerprint density at radius 2 is 1.31 bits per heavy atom. The molecular formula is C11H25NO. The van der Waals surface area contributed by atoms with E-state index in [0.29, 0.717) is 17.8 Å². The number of hydrogen-bond donors (Lipinski definition) is 2. The van der Waals surface area contributed by atoms with E-state index in [2.05, 4.69) is 27.7 Å². The van der Waals surface area contributed by atoms with Gasteiger partial charge in [0.05, 0.1) is 0 Å². The lowest BCUT2D eigenvalue weighted by atomic mass is 9.87. The fourth-order valence-electron chi connectivity index (χ4n) is 1.96. The van der Waals surface area contributed by atoms with E-state index in [1.54, 1.807) is 0 Å². The van der Waals surface area contributed by atoms with Gasteiger partial charge in [-0.05, 0) is 37.0 Å². The van der Waals surface area contributed by atoms with Crippen molar-refractivity contribution in [2.75, 3.05) is 0 Å². The van der Waals surface area contributed by atoms with Gasteiger partial charge in [0.15, 0.2) is 0 Å². The molecule has 0 aromatic carbocycles. The largest absolute Gasteiger partial charge is 0.379 e. The van der Waals surface area contributed by atoms with Crippen molar-refractivity contribution in [3.8, 4) is 0 Å². The average Bonchev–Trinajstić information content (AvgIpc) is 1.80. The molecule has 0 amide bonds. The van der Waals surface area contributed by atoms with Gasteiger partial charge in [-0.1, -0.05) is 27.7 Å². The molecule has 0 rings (SSSR count). The molecule has 0 bridgehead atoms. The van der Waals surface area contributed by atoms with E-state index in [0.717, 1.165) is 6.42 Å². The quantitative estimate of drug-likeness (QED) is 0.627. The van der Waals surface area contributed by atoms with Crippen LogP contribution in [0.5, 0.6) is 0 Å². The SMILES string of the molecule is CC(C)CC(CC(C)C)CC(N)O. The van der Waals surface area contributed by atoms with Crippen LogP contribution in [0.15, 0.2) is 0 Å². The van der Waals surface area contributed by atoms with E-state index in [1.807, 2.05) is 0 Å². The first-order valence-electron chi connectivity index (χ1n) is 5.35. The van der Waals surface area contributed by atoms with Gasteiger partial charge >= 0.3 is 0 Å². The zero-order chi connectivity index (χ0) is 10.4. The van der Waals surface area contributed by atoms with E-state index in [1.165, 1.54) is 12.8 Å². The summed E-state index contributed by atoms with van der Waals surface area (Å²) in [5, 5.41) is 9.13. The van der Waals surface area contributed by atoms with Gasteiger partial charge < -0.3 is 10.8 Å². The smallest absolute Gasteiger partial charge is 0.102 e. The van der Waals surface area contributed by atoms with Crippen LogP contribution >= 0.6 is 0 Å². The van der Waals surface area contributed by atoms with E-state index in [9.17, 15) is 0 Å². The Morgan fingerprint density at radius 3 is 1.54 bits per heavy atom. The predicted molar refractivity (Wildman–Crippen MR) is 57.2 cm³/mol. The Kier molecular flexibility index (Phi) is 6.35. The molecule has 0 heterocycles. The van der Waals surface area contributed by atoms with E-state index in [4.69, 9.17) is 10.8 Å². The number of rotatable bonds is 6. The van der Waals surface area contributed by atoms with Crippen LogP contribution in [0.1, 0.15) is 47.0 Å². The van der Waals surface area contributed by atoms with Crippen LogP contribution in [0.2, 0.25) is 0 Å². The molecule has 1 unspecified atom stereocenters. The molecule has 2 nitrogen and oxygen atoms in total. The second-order valence-corrected chi connectivity index (χ2v) is 4.93. The summed E-state index contributed by atoms with van der Waals surface area (Å²) < 4.78 is 0. The van der Waals surface area contributed by atoms with Crippen molar-refractivity contribution >= 4 is 0 Å². The summed E-state index contributed by atoms with van der Waals surface area (Å²) in [5.41, 5.74) is 5.40. The summed E-state index contributed by atoms with van der Waals surface area (Å²) in [6.45, 7) is 8.87. The highest BCUT2D eigenvalue weighted by Gasteiger charge is 2.15. The molecule has 0 aromatic heterocycles. The first-order chi connectivity index (χ1) is 5.91. The van der Waals surface area contributed by atoms with Crippen LogP contribution in [0.4, 0.5) is 0 Å². The zero-order valence-corrected chi connectivity index (χ0v) is 9.46. The molecule has 0 radical (unpaired) electrons. The molecule has 80 valence electrons. The van der Waals surface area contributed by atoms with Gasteiger partial charge in [0.1, 0.15) is 6.23 Å². The summed E-state index contributed by atoms with van der Waals surface area (Å²) in [6.07, 6.45) is 2.46. The van der Waals surface area contributed by atoms with Crippen molar-refractivity contribution < 1.29 is 5.11 Å². The van der Waals surface area contributed by atoms with Gasteiger partial charge in [-0.2, -0.15) is 0 Å². The van der Waals surface area contributed by atoms with Gasteiger partial charge in [-0.25, -0.2) is 0 Å². The molecule has 1 atom stereocenters. The lowest BCUT2D eigenvalue weighted by Crippen LogP contribution is -2.24. The monoisotopic (exact) mass is 187 g/mol. The molecule has 0 aromatic rings. The third kappa shape index (κ3) is 8.26. The Bertz CT molecular complexity index is 97.5. The summed E-state index contributed by atoms with van der Waals surface area (Å²) in [7, 11) is 0. The van der Waals surface area contributed by atoms with Gasteiger partial charge in [0.25, 0.3) is 0 Å². The number of hydrogen-bond acceptors (Lipinski definition) is 2. The minimum atomic E-state index is -0.637. The molecule has 2 heteroatoms. The van der Waals surface area contributed by atoms with Crippen molar-refractivity contribution in [1.82, 2.24) is 0 Å². The van der Waals surface area contributed by atoms with E-state index in [-0.39, 0.29) is 0 Å². The standard InChI is InChI=1S/C11H25NO/c1-8(2)5-10(6-9(3)4)7-11(12)13/h8-11,13H,5-7,12H2,1-4H3. The van der Waals surface area contributed by atoms with Gasteiger partial charge in [-0.15, -0.1) is 0 Å². The maximum Gasteiger partial charge on any atom is 0.102 e. The van der Waals surface area contributed by atoms with Crippen molar-refractivity contribution in [3.05, 3.63) is 0 Å². The Morgan fingerprint density at radius 1 is 0.923 bits per heavy atom. The average molecular weight is 187 g/mol. The predicted octanol–water partition coefficient (Wildman–Crippen LogP) is 2.36. The summed E-state index contributed by atoms with van der Waals surface area (Å²) in [4.78, 5) is 0. The van der Waals surface area contributed by atoms with Crippen molar-refractivity contribution in [1.29, 1.82) is 0 Å². The number of aliphatic hydroxyl groups is 1. The zero-order valence-electron chi connectivity index (χ0n) is 9.46. The Labute approximate surface area is 82.5 Å². The minimum absolute atomic E-state index is 0.583. The third-order valence-corrected chi connectivity index (χ3v) is 2.18. The first-order valence-corrected chi connectivity index (χ1v) is 5.35. The fraction of sp³-hybridized carbons (Fsp3) is 1.00. The number of aliphatic hydroxyl groups excluding tert-OH is 1. The summed E-state index contributed by atoms with van der Waals surface area (Å²) >= 11 is 0. The maximum atomic E-state index is 9.13. The molecule has 3 N–H and O–H groups in total. The van der Waals surface area contributed by atoms with Crippen LogP contribution in [-0.2, 0) is 0 Å². The molecule has 13 heavy (non-hydrogen) atoms. The molecule has 0 aliphatic heterocycles. The normalized spacial score (nSPS) is 14.5. The maximum absolute atomic E-state index is 9.13. The molecule has 0 saturated carbocycles. The highest BCUT2D eigenvalue weighted by atomic mass is 16.3. The topological polar surface area (TPSA) is 46.2 Å². The lowest BCUT2D eigenvalue weighted by Gasteiger charge is -2.21. The second kappa shape index (κ2) is 6.39. The first kappa shape index (κ1) is 12.9. The molecule has 0 fully saturated rings. The summed E-state index contributed by atoms with van der Waals surface area (Å²) in [5.74, 6) is 1.98. The molecule has 0 spiro atoms. The Balaban J connectivity index is 3.87. The van der Waals surface area contributed by atoms with Crippen molar-refractivity contribution in [3.63, 3.8) is 0 Å².